The molecule has 0 spiro atoms. The molecule has 0 atom stereocenters. The lowest BCUT2D eigenvalue weighted by Crippen LogP contribution is -1.87. The topological polar surface area (TPSA) is 24.9 Å². The number of aromatic nitrogens is 1. The van der Waals surface area contributed by atoms with Crippen molar-refractivity contribution in [2.75, 3.05) is 4.72 Å². The first-order chi connectivity index (χ1) is 9.42. The van der Waals surface area contributed by atoms with Crippen molar-refractivity contribution in [2.24, 2.45) is 0 Å². The molecule has 4 heteroatoms. The van der Waals surface area contributed by atoms with Gasteiger partial charge in [0.15, 0.2) is 0 Å². The molecule has 94 valence electrons. The minimum atomic E-state index is 1.02. The summed E-state index contributed by atoms with van der Waals surface area (Å²) < 4.78 is 3.29. The smallest absolute Gasteiger partial charge is 0.0711 e. The average Bonchev–Trinajstić information content (AvgIpc) is 3.01. The lowest BCUT2D eigenvalue weighted by molar-refractivity contribution is 1.24. The minimum Gasteiger partial charge on any atom is -0.326 e. The summed E-state index contributed by atoms with van der Waals surface area (Å²) >= 11 is 3.26. The molecule has 2 nitrogen and oxygen atoms in total. The van der Waals surface area contributed by atoms with Gasteiger partial charge in [0.1, 0.15) is 0 Å². The van der Waals surface area contributed by atoms with Crippen molar-refractivity contribution >= 4 is 29.0 Å². The highest BCUT2D eigenvalue weighted by Crippen LogP contribution is 2.24. The minimum absolute atomic E-state index is 1.02. The van der Waals surface area contributed by atoms with Crippen LogP contribution in [0.3, 0.4) is 0 Å². The molecule has 0 unspecified atom stereocenters. The molecule has 19 heavy (non-hydrogen) atoms. The molecular formula is C15H12N2S2. The second-order valence-corrected chi connectivity index (χ2v) is 5.62. The quantitative estimate of drug-likeness (QED) is 0.688. The van der Waals surface area contributed by atoms with Crippen molar-refractivity contribution in [1.29, 1.82) is 0 Å². The van der Waals surface area contributed by atoms with Crippen LogP contribution in [0.15, 0.2) is 70.4 Å². The van der Waals surface area contributed by atoms with Gasteiger partial charge in [0, 0.05) is 27.7 Å². The van der Waals surface area contributed by atoms with E-state index < -0.39 is 0 Å². The van der Waals surface area contributed by atoms with E-state index in [0.29, 0.717) is 0 Å². The van der Waals surface area contributed by atoms with Crippen LogP contribution in [0.4, 0.5) is 5.69 Å². The molecule has 1 N–H and O–H groups in total. The second-order valence-electron chi connectivity index (χ2n) is 3.96. The summed E-state index contributed by atoms with van der Waals surface area (Å²) in [5.41, 5.74) is 3.29. The Morgan fingerprint density at radius 1 is 1.00 bits per heavy atom. The molecule has 2 aromatic heterocycles. The van der Waals surface area contributed by atoms with E-state index in [9.17, 15) is 0 Å². The molecule has 0 aliphatic heterocycles. The highest BCUT2D eigenvalue weighted by Gasteiger charge is 2.00. The van der Waals surface area contributed by atoms with Gasteiger partial charge in [-0.3, -0.25) is 4.98 Å². The van der Waals surface area contributed by atoms with Crippen molar-refractivity contribution < 1.29 is 0 Å². The van der Waals surface area contributed by atoms with E-state index in [0.717, 1.165) is 16.3 Å². The number of hydrogen-bond donors (Lipinski definition) is 1. The molecule has 0 aliphatic carbocycles. The van der Waals surface area contributed by atoms with Crippen molar-refractivity contribution in [3.8, 4) is 11.3 Å². The largest absolute Gasteiger partial charge is 0.326 e. The summed E-state index contributed by atoms with van der Waals surface area (Å²) in [6.45, 7) is 0. The third-order valence-electron chi connectivity index (χ3n) is 2.61. The molecule has 0 saturated carbocycles. The fourth-order valence-corrected chi connectivity index (χ4v) is 2.91. The van der Waals surface area contributed by atoms with Crippen molar-refractivity contribution in [2.45, 2.75) is 4.90 Å². The van der Waals surface area contributed by atoms with Crippen LogP contribution in [0.25, 0.3) is 11.3 Å². The monoisotopic (exact) mass is 284 g/mol. The third kappa shape index (κ3) is 3.16. The van der Waals surface area contributed by atoms with Gasteiger partial charge in [-0.05, 0) is 47.7 Å². The summed E-state index contributed by atoms with van der Waals surface area (Å²) in [5.74, 6) is 0. The second kappa shape index (κ2) is 5.91. The highest BCUT2D eigenvalue weighted by molar-refractivity contribution is 8.00. The SMILES string of the molecule is c1ccc(NSc2ccc(-c3ccsc3)nc2)cc1. The Kier molecular flexibility index (Phi) is 3.81. The molecular weight excluding hydrogens is 272 g/mol. The maximum atomic E-state index is 4.48. The summed E-state index contributed by atoms with van der Waals surface area (Å²) in [6, 6.07) is 16.3. The van der Waals surface area contributed by atoms with E-state index in [-0.39, 0.29) is 0 Å². The van der Waals surface area contributed by atoms with Gasteiger partial charge >= 0.3 is 0 Å². The average molecular weight is 284 g/mol. The predicted octanol–water partition coefficient (Wildman–Crippen LogP) is 4.93. The number of anilines is 1. The zero-order valence-corrected chi connectivity index (χ0v) is 11.7. The molecule has 0 fully saturated rings. The number of pyridine rings is 1. The van der Waals surface area contributed by atoms with E-state index in [1.165, 1.54) is 5.56 Å². The zero-order valence-electron chi connectivity index (χ0n) is 10.1. The summed E-state index contributed by atoms with van der Waals surface area (Å²) in [4.78, 5) is 5.58. The number of hydrogen-bond acceptors (Lipinski definition) is 4. The number of para-hydroxylation sites is 1. The van der Waals surface area contributed by atoms with Crippen LogP contribution in [0.1, 0.15) is 0 Å². The number of nitrogens with zero attached hydrogens (tertiary/aromatic N) is 1. The van der Waals surface area contributed by atoms with E-state index in [2.05, 4.69) is 38.7 Å². The van der Waals surface area contributed by atoms with Gasteiger partial charge in [0.25, 0.3) is 0 Å². The Hall–Kier alpha value is -1.78. The van der Waals surface area contributed by atoms with E-state index in [1.54, 1.807) is 23.3 Å². The normalized spacial score (nSPS) is 10.3. The molecule has 0 bridgehead atoms. The number of nitrogens with one attached hydrogen (secondary N) is 1. The van der Waals surface area contributed by atoms with Gasteiger partial charge in [0.2, 0.25) is 0 Å². The van der Waals surface area contributed by atoms with Crippen molar-refractivity contribution in [1.82, 2.24) is 4.98 Å². The molecule has 0 saturated heterocycles. The Morgan fingerprint density at radius 3 is 2.58 bits per heavy atom. The molecule has 0 aliphatic rings. The Balaban J connectivity index is 1.67. The van der Waals surface area contributed by atoms with Crippen molar-refractivity contribution in [3.63, 3.8) is 0 Å². The van der Waals surface area contributed by atoms with E-state index in [4.69, 9.17) is 0 Å². The van der Waals surface area contributed by atoms with Crippen LogP contribution >= 0.6 is 23.3 Å². The summed E-state index contributed by atoms with van der Waals surface area (Å²) in [6.07, 6.45) is 1.90. The molecule has 0 amide bonds. The third-order valence-corrected chi connectivity index (χ3v) is 4.11. The van der Waals surface area contributed by atoms with Crippen LogP contribution < -0.4 is 4.72 Å². The van der Waals surface area contributed by atoms with Gasteiger partial charge in [-0.2, -0.15) is 11.3 Å². The Morgan fingerprint density at radius 2 is 1.89 bits per heavy atom. The van der Waals surface area contributed by atoms with Gasteiger partial charge in [0.05, 0.1) is 5.69 Å². The first-order valence-electron chi connectivity index (χ1n) is 5.88. The van der Waals surface area contributed by atoms with E-state index >= 15 is 0 Å². The first-order valence-corrected chi connectivity index (χ1v) is 7.64. The summed E-state index contributed by atoms with van der Waals surface area (Å²) in [5, 5.41) is 4.17. The standard InChI is InChI=1S/C15H12N2S2/c1-2-4-13(5-3-1)17-19-14-6-7-15(16-10-14)12-8-9-18-11-12/h1-11,17H. The predicted molar refractivity (Wildman–Crippen MR) is 83.5 cm³/mol. The number of benzene rings is 1. The molecule has 3 aromatic rings. The summed E-state index contributed by atoms with van der Waals surface area (Å²) in [7, 11) is 0. The van der Waals surface area contributed by atoms with Crippen molar-refractivity contribution in [3.05, 3.63) is 65.5 Å². The number of thiophene rings is 1. The fraction of sp³-hybridized carbons (Fsp3) is 0. The molecule has 0 radical (unpaired) electrons. The van der Waals surface area contributed by atoms with Crippen LogP contribution in [-0.2, 0) is 0 Å². The van der Waals surface area contributed by atoms with Gasteiger partial charge in [-0.1, -0.05) is 18.2 Å². The maximum Gasteiger partial charge on any atom is 0.0711 e. The maximum absolute atomic E-state index is 4.48. The first kappa shape index (κ1) is 12.3. The van der Waals surface area contributed by atoms with Gasteiger partial charge in [-0.15, -0.1) is 0 Å². The fourth-order valence-electron chi connectivity index (χ4n) is 1.65. The Labute approximate surface area is 120 Å². The lowest BCUT2D eigenvalue weighted by atomic mass is 10.2. The van der Waals surface area contributed by atoms with Crippen LogP contribution in [0, 0.1) is 0 Å². The van der Waals surface area contributed by atoms with Crippen LogP contribution in [-0.4, -0.2) is 4.98 Å². The van der Waals surface area contributed by atoms with Gasteiger partial charge < -0.3 is 4.72 Å². The molecule has 2 heterocycles. The van der Waals surface area contributed by atoms with Crippen LogP contribution in [0.2, 0.25) is 0 Å². The Bertz CT molecular complexity index is 619. The van der Waals surface area contributed by atoms with Crippen LogP contribution in [0.5, 0.6) is 0 Å². The highest BCUT2D eigenvalue weighted by atomic mass is 32.2. The molecule has 3 rings (SSSR count). The van der Waals surface area contributed by atoms with Gasteiger partial charge in [-0.25, -0.2) is 0 Å². The zero-order chi connectivity index (χ0) is 12.9. The molecule has 1 aromatic carbocycles. The van der Waals surface area contributed by atoms with E-state index in [1.807, 2.05) is 36.5 Å². The lowest BCUT2D eigenvalue weighted by Gasteiger charge is -2.05. The number of rotatable bonds is 4.